The molecule has 0 aliphatic rings. The molecule has 0 atom stereocenters. The molecule has 0 saturated carbocycles. The fourth-order valence-corrected chi connectivity index (χ4v) is 1.14. The van der Waals surface area contributed by atoms with Crippen molar-refractivity contribution in [3.63, 3.8) is 0 Å². The Hall–Kier alpha value is -2.24. The molecule has 0 saturated heterocycles. The van der Waals surface area contributed by atoms with E-state index in [1.165, 1.54) is 35.1 Å². The Morgan fingerprint density at radius 2 is 2.00 bits per heavy atom. The number of aromatic nitrogens is 2. The summed E-state index contributed by atoms with van der Waals surface area (Å²) in [5, 5.41) is 14.2. The summed E-state index contributed by atoms with van der Waals surface area (Å²) in [5.41, 5.74) is 0.476. The van der Waals surface area contributed by atoms with E-state index in [0.717, 1.165) is 6.20 Å². The topological polar surface area (TPSA) is 61.0 Å². The average molecular weight is 207 g/mol. The second-order valence-electron chi connectivity index (χ2n) is 2.88. The van der Waals surface area contributed by atoms with Crippen LogP contribution in [0.2, 0.25) is 0 Å². The fourth-order valence-electron chi connectivity index (χ4n) is 1.14. The molecule has 2 rings (SSSR count). The number of hydrogen-bond donors (Lipinski definition) is 0. The highest BCUT2D eigenvalue weighted by molar-refractivity contribution is 5.34. The molecule has 1 heterocycles. The van der Waals surface area contributed by atoms with E-state index in [9.17, 15) is 14.5 Å². The quantitative estimate of drug-likeness (QED) is 0.558. The van der Waals surface area contributed by atoms with Crippen molar-refractivity contribution in [2.45, 2.75) is 0 Å². The van der Waals surface area contributed by atoms with Crippen LogP contribution in [-0.2, 0) is 0 Å². The molecular formula is C9H6FN3O2. The largest absolute Gasteiger partial charge is 0.307 e. The predicted octanol–water partition coefficient (Wildman–Crippen LogP) is 1.92. The van der Waals surface area contributed by atoms with Gasteiger partial charge in [0.2, 0.25) is 0 Å². The lowest BCUT2D eigenvalue weighted by Crippen LogP contribution is -1.93. The zero-order valence-electron chi connectivity index (χ0n) is 7.50. The van der Waals surface area contributed by atoms with Crippen molar-refractivity contribution in [1.29, 1.82) is 0 Å². The minimum Gasteiger partial charge on any atom is -0.258 e. The van der Waals surface area contributed by atoms with Gasteiger partial charge < -0.3 is 0 Å². The summed E-state index contributed by atoms with van der Waals surface area (Å²) in [5.74, 6) is -0.361. The van der Waals surface area contributed by atoms with Crippen LogP contribution in [0.5, 0.6) is 0 Å². The summed E-state index contributed by atoms with van der Waals surface area (Å²) in [7, 11) is 0. The number of rotatable bonds is 2. The Kier molecular flexibility index (Phi) is 2.17. The molecule has 15 heavy (non-hydrogen) atoms. The van der Waals surface area contributed by atoms with Gasteiger partial charge in [-0.3, -0.25) is 10.1 Å². The number of nitro groups is 1. The SMILES string of the molecule is O=[N+]([O-])c1cnn(-c2ccc(F)cc2)c1. The normalized spacial score (nSPS) is 10.2. The molecule has 0 fully saturated rings. The zero-order chi connectivity index (χ0) is 10.8. The molecule has 1 aromatic carbocycles. The van der Waals surface area contributed by atoms with Crippen LogP contribution in [0.3, 0.4) is 0 Å². The summed E-state index contributed by atoms with van der Waals surface area (Å²) in [6.45, 7) is 0. The monoisotopic (exact) mass is 207 g/mol. The number of nitrogens with zero attached hydrogens (tertiary/aromatic N) is 3. The van der Waals surface area contributed by atoms with Gasteiger partial charge in [-0.1, -0.05) is 0 Å². The molecular weight excluding hydrogens is 201 g/mol. The summed E-state index contributed by atoms with van der Waals surface area (Å²) >= 11 is 0. The Bertz CT molecular complexity index is 492. The van der Waals surface area contributed by atoms with Crippen LogP contribution in [0.25, 0.3) is 5.69 Å². The van der Waals surface area contributed by atoms with Gasteiger partial charge in [0.1, 0.15) is 18.2 Å². The lowest BCUT2D eigenvalue weighted by Gasteiger charge is -1.98. The van der Waals surface area contributed by atoms with E-state index in [-0.39, 0.29) is 11.5 Å². The van der Waals surface area contributed by atoms with Crippen molar-refractivity contribution in [2.24, 2.45) is 0 Å². The first kappa shape index (κ1) is 9.32. The average Bonchev–Trinajstić information content (AvgIpc) is 2.68. The van der Waals surface area contributed by atoms with Crippen molar-refractivity contribution in [3.8, 4) is 5.69 Å². The van der Waals surface area contributed by atoms with Crippen molar-refractivity contribution in [2.75, 3.05) is 0 Å². The van der Waals surface area contributed by atoms with Gasteiger partial charge in [0.05, 0.1) is 10.6 Å². The van der Waals surface area contributed by atoms with Gasteiger partial charge in [-0.15, -0.1) is 0 Å². The van der Waals surface area contributed by atoms with Gasteiger partial charge in [0, 0.05) is 0 Å². The van der Waals surface area contributed by atoms with Crippen molar-refractivity contribution >= 4 is 5.69 Å². The molecule has 5 nitrogen and oxygen atoms in total. The van der Waals surface area contributed by atoms with Crippen LogP contribution < -0.4 is 0 Å². The standard InChI is InChI=1S/C9H6FN3O2/c10-7-1-3-8(4-2-7)12-6-9(5-11-12)13(14)15/h1-6H. The fraction of sp³-hybridized carbons (Fsp3) is 0. The van der Waals surface area contributed by atoms with E-state index in [1.54, 1.807) is 0 Å². The van der Waals surface area contributed by atoms with Gasteiger partial charge >= 0.3 is 5.69 Å². The van der Waals surface area contributed by atoms with E-state index in [2.05, 4.69) is 5.10 Å². The maximum Gasteiger partial charge on any atom is 0.307 e. The van der Waals surface area contributed by atoms with E-state index in [0.29, 0.717) is 5.69 Å². The molecule has 0 amide bonds. The molecule has 0 radical (unpaired) electrons. The first-order valence-corrected chi connectivity index (χ1v) is 4.12. The van der Waals surface area contributed by atoms with Crippen LogP contribution in [0.15, 0.2) is 36.7 Å². The maximum absolute atomic E-state index is 12.6. The summed E-state index contributed by atoms with van der Waals surface area (Å²) in [6.07, 6.45) is 2.41. The van der Waals surface area contributed by atoms with E-state index in [4.69, 9.17) is 0 Å². The van der Waals surface area contributed by atoms with Crippen molar-refractivity contribution in [3.05, 3.63) is 52.6 Å². The molecule has 0 unspecified atom stereocenters. The predicted molar refractivity (Wildman–Crippen MR) is 50.2 cm³/mol. The lowest BCUT2D eigenvalue weighted by atomic mass is 10.3. The molecule has 76 valence electrons. The Morgan fingerprint density at radius 1 is 1.33 bits per heavy atom. The number of halogens is 1. The molecule has 0 aliphatic carbocycles. The third-order valence-corrected chi connectivity index (χ3v) is 1.87. The highest BCUT2D eigenvalue weighted by atomic mass is 19.1. The summed E-state index contributed by atoms with van der Waals surface area (Å²) in [4.78, 5) is 9.86. The van der Waals surface area contributed by atoms with Crippen LogP contribution in [0.4, 0.5) is 10.1 Å². The maximum atomic E-state index is 12.6. The van der Waals surface area contributed by atoms with Crippen LogP contribution in [-0.4, -0.2) is 14.7 Å². The number of benzene rings is 1. The van der Waals surface area contributed by atoms with Crippen LogP contribution in [0.1, 0.15) is 0 Å². The first-order valence-electron chi connectivity index (χ1n) is 4.12. The minimum atomic E-state index is -0.535. The Balaban J connectivity index is 2.37. The lowest BCUT2D eigenvalue weighted by molar-refractivity contribution is -0.384. The zero-order valence-corrected chi connectivity index (χ0v) is 7.50. The third-order valence-electron chi connectivity index (χ3n) is 1.87. The van der Waals surface area contributed by atoms with Gasteiger partial charge in [-0.05, 0) is 24.3 Å². The minimum absolute atomic E-state index is 0.0978. The van der Waals surface area contributed by atoms with Gasteiger partial charge in [0.15, 0.2) is 0 Å². The van der Waals surface area contributed by atoms with Gasteiger partial charge in [-0.25, -0.2) is 9.07 Å². The second-order valence-corrected chi connectivity index (χ2v) is 2.88. The van der Waals surface area contributed by atoms with Gasteiger partial charge in [0.25, 0.3) is 0 Å². The van der Waals surface area contributed by atoms with E-state index >= 15 is 0 Å². The van der Waals surface area contributed by atoms with Crippen LogP contribution >= 0.6 is 0 Å². The highest BCUT2D eigenvalue weighted by Crippen LogP contribution is 2.13. The molecule has 6 heteroatoms. The first-order chi connectivity index (χ1) is 7.16. The van der Waals surface area contributed by atoms with Crippen molar-refractivity contribution in [1.82, 2.24) is 9.78 Å². The van der Waals surface area contributed by atoms with E-state index < -0.39 is 4.92 Å². The Morgan fingerprint density at radius 3 is 2.53 bits per heavy atom. The van der Waals surface area contributed by atoms with E-state index in [1.807, 2.05) is 0 Å². The van der Waals surface area contributed by atoms with Crippen molar-refractivity contribution < 1.29 is 9.31 Å². The van der Waals surface area contributed by atoms with Crippen LogP contribution in [0, 0.1) is 15.9 Å². The molecule has 2 aromatic rings. The smallest absolute Gasteiger partial charge is 0.258 e. The summed E-state index contributed by atoms with van der Waals surface area (Å²) in [6, 6.07) is 5.52. The molecule has 0 aliphatic heterocycles. The third kappa shape index (κ3) is 1.83. The number of hydrogen-bond acceptors (Lipinski definition) is 3. The summed E-state index contributed by atoms with van der Waals surface area (Å²) < 4.78 is 13.9. The highest BCUT2D eigenvalue weighted by Gasteiger charge is 2.09. The molecule has 0 spiro atoms. The molecule has 1 aromatic heterocycles. The Labute approximate surface area is 83.9 Å². The van der Waals surface area contributed by atoms with Gasteiger partial charge in [-0.2, -0.15) is 5.10 Å². The molecule has 0 N–H and O–H groups in total. The molecule has 0 bridgehead atoms. The second kappa shape index (κ2) is 3.49.